The van der Waals surface area contributed by atoms with E-state index in [0.717, 1.165) is 30.4 Å². The first-order valence-corrected chi connectivity index (χ1v) is 13.2. The number of alkyl halides is 3. The van der Waals surface area contributed by atoms with Crippen LogP contribution in [0.1, 0.15) is 39.6 Å². The number of hydrogen-bond acceptors (Lipinski definition) is 6. The maximum Gasteiger partial charge on any atom is 0.406 e. The minimum Gasteiger partial charge on any atom is -0.495 e. The van der Waals surface area contributed by atoms with Crippen molar-refractivity contribution in [3.05, 3.63) is 53.3 Å². The van der Waals surface area contributed by atoms with Crippen molar-refractivity contribution in [1.29, 1.82) is 0 Å². The summed E-state index contributed by atoms with van der Waals surface area (Å²) in [5, 5.41) is 8.72. The first-order chi connectivity index (χ1) is 19.5. The lowest BCUT2D eigenvalue weighted by atomic mass is 9.93. The number of carbonyl (C=O) groups is 2. The lowest BCUT2D eigenvalue weighted by molar-refractivity contribution is -0.139. The highest BCUT2D eigenvalue weighted by Gasteiger charge is 2.30. The van der Waals surface area contributed by atoms with Crippen LogP contribution >= 0.6 is 0 Å². The lowest BCUT2D eigenvalue weighted by Gasteiger charge is -2.35. The number of methoxy groups -OCH3 is 1. The summed E-state index contributed by atoms with van der Waals surface area (Å²) in [6, 6.07) is 7.92. The van der Waals surface area contributed by atoms with E-state index in [9.17, 15) is 22.8 Å². The molecule has 12 heteroatoms. The number of benzene rings is 2. The molecule has 2 aromatic carbocycles. The largest absolute Gasteiger partial charge is 0.495 e. The quantitative estimate of drug-likeness (QED) is 0.376. The number of nitrogens with one attached hydrogen (secondary N) is 3. The molecular weight excluding hydrogens is 537 g/mol. The second kappa shape index (κ2) is 12.5. The number of amides is 2. The molecule has 1 aliphatic rings. The maximum atomic E-state index is 13.4. The summed E-state index contributed by atoms with van der Waals surface area (Å²) in [5.74, 6) is 5.96. The van der Waals surface area contributed by atoms with Crippen LogP contribution in [0.2, 0.25) is 0 Å². The number of carbonyl (C=O) groups excluding carboxylic acids is 2. The van der Waals surface area contributed by atoms with Crippen LogP contribution in [-0.4, -0.2) is 79.3 Å². The van der Waals surface area contributed by atoms with E-state index in [-0.39, 0.29) is 41.0 Å². The molecule has 9 nitrogen and oxygen atoms in total. The summed E-state index contributed by atoms with van der Waals surface area (Å²) in [7, 11) is 5.06. The Kier molecular flexibility index (Phi) is 9.08. The molecule has 0 radical (unpaired) electrons. The fourth-order valence-electron chi connectivity index (χ4n) is 4.96. The van der Waals surface area contributed by atoms with Gasteiger partial charge in [-0.1, -0.05) is 18.8 Å². The fourth-order valence-corrected chi connectivity index (χ4v) is 4.96. The Labute approximate surface area is 236 Å². The number of halogens is 3. The van der Waals surface area contributed by atoms with E-state index in [2.05, 4.69) is 44.6 Å². The van der Waals surface area contributed by atoms with E-state index in [4.69, 9.17) is 4.74 Å². The summed E-state index contributed by atoms with van der Waals surface area (Å²) >= 11 is 0. The van der Waals surface area contributed by atoms with Crippen molar-refractivity contribution in [2.24, 2.45) is 5.92 Å². The number of nitrogens with zero attached hydrogens (tertiary/aromatic N) is 3. The van der Waals surface area contributed by atoms with Crippen molar-refractivity contribution in [3.63, 3.8) is 0 Å². The molecule has 1 aliphatic heterocycles. The predicted molar refractivity (Wildman–Crippen MR) is 150 cm³/mol. The van der Waals surface area contributed by atoms with Gasteiger partial charge >= 0.3 is 6.18 Å². The number of piperidine rings is 1. The molecule has 3 N–H and O–H groups in total. The van der Waals surface area contributed by atoms with Crippen LogP contribution in [0.5, 0.6) is 5.75 Å². The molecule has 1 saturated heterocycles. The Hall–Kier alpha value is -4.24. The van der Waals surface area contributed by atoms with Gasteiger partial charge in [0.2, 0.25) is 0 Å². The standard InChI is InChI=1S/C29H33F3N6O3/c1-18-15-37(3)11-9-22(18)36-28(40)21-12-19(13-24-26(21)35-17-38(24)16-29(30,31)32)6-5-10-34-23-14-20(27(39)33-2)7-8-25(23)41-4/h7-8,12-14,17-18,22,34H,9-11,15-16H2,1-4H3,(H,33,39)(H,36,40)/t18-,22-/m0/s1. The Balaban J connectivity index is 1.62. The second-order valence-electron chi connectivity index (χ2n) is 10.1. The molecular formula is C29H33F3N6O3. The highest BCUT2D eigenvalue weighted by Crippen LogP contribution is 2.27. The molecule has 0 bridgehead atoms. The summed E-state index contributed by atoms with van der Waals surface area (Å²) in [5.41, 5.74) is 1.88. The summed E-state index contributed by atoms with van der Waals surface area (Å²) in [6.45, 7) is 2.62. The van der Waals surface area contributed by atoms with Crippen LogP contribution in [-0.2, 0) is 6.54 Å². The zero-order valence-corrected chi connectivity index (χ0v) is 23.4. The van der Waals surface area contributed by atoms with Gasteiger partial charge in [-0.25, -0.2) is 4.98 Å². The van der Waals surface area contributed by atoms with E-state index in [1.807, 2.05) is 7.05 Å². The Morgan fingerprint density at radius 3 is 2.66 bits per heavy atom. The van der Waals surface area contributed by atoms with E-state index in [1.165, 1.54) is 20.2 Å². The Morgan fingerprint density at radius 2 is 1.98 bits per heavy atom. The van der Waals surface area contributed by atoms with E-state index >= 15 is 0 Å². The van der Waals surface area contributed by atoms with Crippen molar-refractivity contribution in [2.45, 2.75) is 32.1 Å². The van der Waals surface area contributed by atoms with Crippen LogP contribution in [0.3, 0.4) is 0 Å². The van der Waals surface area contributed by atoms with Crippen molar-refractivity contribution in [3.8, 4) is 17.6 Å². The number of aromatic nitrogens is 2. The monoisotopic (exact) mass is 570 g/mol. The van der Waals surface area contributed by atoms with Crippen molar-refractivity contribution in [2.75, 3.05) is 46.2 Å². The molecule has 4 rings (SSSR count). The van der Waals surface area contributed by atoms with Gasteiger partial charge in [-0.3, -0.25) is 9.59 Å². The van der Waals surface area contributed by atoms with E-state index in [1.54, 1.807) is 24.3 Å². The van der Waals surface area contributed by atoms with Gasteiger partial charge in [-0.15, -0.1) is 0 Å². The molecule has 0 saturated carbocycles. The minimum absolute atomic E-state index is 0.0644. The first-order valence-electron chi connectivity index (χ1n) is 13.2. The normalized spacial score (nSPS) is 17.4. The number of rotatable bonds is 7. The number of fused-ring (bicyclic) bond motifs is 1. The van der Waals surface area contributed by atoms with Gasteiger partial charge in [0.05, 0.1) is 36.7 Å². The molecule has 0 aliphatic carbocycles. The lowest BCUT2D eigenvalue weighted by Crippen LogP contribution is -2.48. The van der Waals surface area contributed by atoms with Gasteiger partial charge in [0.15, 0.2) is 0 Å². The van der Waals surface area contributed by atoms with Crippen LogP contribution < -0.4 is 20.7 Å². The molecule has 1 fully saturated rings. The average molecular weight is 571 g/mol. The number of ether oxygens (including phenoxy) is 1. The van der Waals surface area contributed by atoms with Gasteiger partial charge < -0.3 is 30.2 Å². The van der Waals surface area contributed by atoms with E-state index < -0.39 is 18.6 Å². The topological polar surface area (TPSA) is 101 Å². The highest BCUT2D eigenvalue weighted by molar-refractivity contribution is 6.05. The zero-order valence-electron chi connectivity index (χ0n) is 23.4. The van der Waals surface area contributed by atoms with Gasteiger partial charge in [0.25, 0.3) is 11.8 Å². The summed E-state index contributed by atoms with van der Waals surface area (Å²) in [4.78, 5) is 31.8. The number of anilines is 1. The maximum absolute atomic E-state index is 13.4. The molecule has 3 aromatic rings. The van der Waals surface area contributed by atoms with E-state index in [0.29, 0.717) is 22.6 Å². The van der Waals surface area contributed by atoms with Crippen molar-refractivity contribution < 1.29 is 27.5 Å². The van der Waals surface area contributed by atoms with Gasteiger partial charge in [-0.05, 0) is 56.3 Å². The highest BCUT2D eigenvalue weighted by atomic mass is 19.4. The van der Waals surface area contributed by atoms with Gasteiger partial charge in [-0.2, -0.15) is 13.2 Å². The van der Waals surface area contributed by atoms with Crippen LogP contribution in [0.15, 0.2) is 36.7 Å². The molecule has 0 unspecified atom stereocenters. The first kappa shape index (κ1) is 29.7. The molecule has 2 heterocycles. The summed E-state index contributed by atoms with van der Waals surface area (Å²) < 4.78 is 46.1. The molecule has 41 heavy (non-hydrogen) atoms. The van der Waals surface area contributed by atoms with Crippen LogP contribution in [0, 0.1) is 17.8 Å². The number of hydrogen-bond donors (Lipinski definition) is 3. The minimum atomic E-state index is -4.46. The molecule has 2 atom stereocenters. The molecule has 2 amide bonds. The van der Waals surface area contributed by atoms with Crippen LogP contribution in [0.4, 0.5) is 18.9 Å². The third-order valence-corrected chi connectivity index (χ3v) is 7.03. The third kappa shape index (κ3) is 7.29. The number of likely N-dealkylation sites (tertiary alicyclic amines) is 1. The number of imidazole rings is 1. The van der Waals surface area contributed by atoms with Gasteiger partial charge in [0, 0.05) is 30.8 Å². The zero-order chi connectivity index (χ0) is 29.7. The smallest absolute Gasteiger partial charge is 0.406 e. The third-order valence-electron chi connectivity index (χ3n) is 7.03. The van der Waals surface area contributed by atoms with Gasteiger partial charge in [0.1, 0.15) is 17.8 Å². The predicted octanol–water partition coefficient (Wildman–Crippen LogP) is 3.50. The average Bonchev–Trinajstić information content (AvgIpc) is 3.32. The van der Waals surface area contributed by atoms with Crippen LogP contribution in [0.25, 0.3) is 11.0 Å². The Morgan fingerprint density at radius 1 is 1.20 bits per heavy atom. The molecule has 218 valence electrons. The summed E-state index contributed by atoms with van der Waals surface area (Å²) in [6.07, 6.45) is -2.60. The van der Waals surface area contributed by atoms with Crippen molar-refractivity contribution >= 4 is 28.5 Å². The SMILES string of the molecule is CNC(=O)c1ccc(OC)c(NCC#Cc2cc(C(=O)N[C@H]3CCN(C)C[C@@H]3C)c3ncn(CC(F)(F)F)c3c2)c1. The Bertz CT molecular complexity index is 1490. The molecule has 1 aromatic heterocycles. The molecule has 0 spiro atoms. The second-order valence-corrected chi connectivity index (χ2v) is 10.1. The fraction of sp³-hybridized carbons (Fsp3) is 0.414. The van der Waals surface area contributed by atoms with Crippen molar-refractivity contribution in [1.82, 2.24) is 25.1 Å².